The van der Waals surface area contributed by atoms with Crippen LogP contribution in [-0.4, -0.2) is 27.0 Å². The first-order chi connectivity index (χ1) is 13.1. The van der Waals surface area contributed by atoms with Gasteiger partial charge in [0, 0.05) is 5.56 Å². The van der Waals surface area contributed by atoms with Crippen LogP contribution >= 0.6 is 0 Å². The fraction of sp³-hybridized carbons (Fsp3) is 0.118. The van der Waals surface area contributed by atoms with Crippen LogP contribution in [0.4, 0.5) is 8.78 Å². The minimum absolute atomic E-state index is 0.0448. The molecule has 0 aliphatic carbocycles. The predicted molar refractivity (Wildman–Crippen MR) is 99.8 cm³/mol. The molecule has 3 N–H and O–H groups in total. The monoisotopic (exact) mass is 427 g/mol. The second kappa shape index (κ2) is 7.87. The van der Waals surface area contributed by atoms with Gasteiger partial charge in [-0.25, -0.2) is 31.2 Å². The molecule has 2 aromatic carbocycles. The van der Waals surface area contributed by atoms with Crippen molar-refractivity contribution in [2.45, 2.75) is 17.1 Å². The average Bonchev–Trinajstić information content (AvgIpc) is 3.07. The van der Waals surface area contributed by atoms with Gasteiger partial charge in [-0.15, -0.1) is 0 Å². The second-order valence-electron chi connectivity index (χ2n) is 5.87. The Balaban J connectivity index is 2.05. The average molecular weight is 427 g/mol. The van der Waals surface area contributed by atoms with Crippen LogP contribution in [0.15, 0.2) is 59.5 Å². The smallest absolute Gasteiger partial charge is 0.282 e. The summed E-state index contributed by atoms with van der Waals surface area (Å²) in [6, 6.07) is 13.1. The molecule has 148 valence electrons. The van der Waals surface area contributed by atoms with E-state index in [9.17, 15) is 21.4 Å². The van der Waals surface area contributed by atoms with Crippen molar-refractivity contribution in [2.75, 3.05) is 0 Å². The molecule has 3 rings (SSSR count). The van der Waals surface area contributed by atoms with Crippen molar-refractivity contribution in [1.29, 1.82) is 0 Å². The molecule has 1 unspecified atom stereocenters. The van der Waals surface area contributed by atoms with Crippen LogP contribution in [0.5, 0.6) is 0 Å². The van der Waals surface area contributed by atoms with E-state index in [0.29, 0.717) is 22.5 Å². The topological polar surface area (TPSA) is 115 Å². The molecule has 0 amide bonds. The van der Waals surface area contributed by atoms with Gasteiger partial charge in [0.05, 0.1) is 22.0 Å². The highest BCUT2D eigenvalue weighted by Crippen LogP contribution is 2.29. The second-order valence-corrected chi connectivity index (χ2v) is 8.36. The zero-order valence-corrected chi connectivity index (χ0v) is 15.8. The van der Waals surface area contributed by atoms with Crippen LogP contribution in [0.25, 0.3) is 16.9 Å². The summed E-state index contributed by atoms with van der Waals surface area (Å²) in [4.78, 5) is -0.111. The lowest BCUT2D eigenvalue weighted by Gasteiger charge is -2.09. The van der Waals surface area contributed by atoms with Crippen LogP contribution in [0.2, 0.25) is 0 Å². The van der Waals surface area contributed by atoms with Gasteiger partial charge >= 0.3 is 0 Å². The Morgan fingerprint density at radius 1 is 1.11 bits per heavy atom. The van der Waals surface area contributed by atoms with Crippen LogP contribution in [0.1, 0.15) is 17.7 Å². The highest BCUT2D eigenvalue weighted by molar-refractivity contribution is 7.89. The van der Waals surface area contributed by atoms with Gasteiger partial charge < -0.3 is 4.55 Å². The molecule has 0 fully saturated rings. The van der Waals surface area contributed by atoms with Crippen LogP contribution in [-0.2, 0) is 26.9 Å². The van der Waals surface area contributed by atoms with Crippen LogP contribution < -0.4 is 5.14 Å². The number of nitrogens with zero attached hydrogens (tertiary/aromatic N) is 2. The third-order valence-electron chi connectivity index (χ3n) is 3.90. The van der Waals surface area contributed by atoms with Gasteiger partial charge in [0.2, 0.25) is 10.0 Å². The van der Waals surface area contributed by atoms with Gasteiger partial charge in [-0.1, -0.05) is 24.3 Å². The summed E-state index contributed by atoms with van der Waals surface area (Å²) >= 11 is -1.99. The number of primary sulfonamides is 1. The van der Waals surface area contributed by atoms with Crippen molar-refractivity contribution in [2.24, 2.45) is 5.14 Å². The molecule has 1 aromatic heterocycles. The van der Waals surface area contributed by atoms with Crippen LogP contribution in [0, 0.1) is 0 Å². The Hall–Kier alpha value is -2.47. The zero-order chi connectivity index (χ0) is 20.5. The molecule has 0 aliphatic rings. The number of hydrogen-bond acceptors (Lipinski definition) is 4. The van der Waals surface area contributed by atoms with Gasteiger partial charge in [-0.3, -0.25) is 0 Å². The normalized spacial score (nSPS) is 13.0. The molecule has 0 saturated heterocycles. The maximum Gasteiger partial charge on any atom is 0.282 e. The quantitative estimate of drug-likeness (QED) is 0.587. The molecule has 0 spiro atoms. The molecule has 0 aliphatic heterocycles. The van der Waals surface area contributed by atoms with E-state index in [4.69, 9.17) is 9.69 Å². The first-order valence-electron chi connectivity index (χ1n) is 7.83. The number of rotatable bonds is 6. The lowest BCUT2D eigenvalue weighted by atomic mass is 10.1. The summed E-state index contributed by atoms with van der Waals surface area (Å²) in [7, 11) is -3.88. The standard InChI is InChI=1S/C17H15F2N3O4S2/c18-17(19)15-9-16(12-3-1-11(2-4-12)10-27(23)24)22(21-15)13-5-7-14(8-6-13)28(20,25)26/h1-9,17H,10H2,(H,23,24)(H2,20,25,26). The zero-order valence-electron chi connectivity index (χ0n) is 14.2. The van der Waals surface area contributed by atoms with E-state index in [1.807, 2.05) is 0 Å². The summed E-state index contributed by atoms with van der Waals surface area (Å²) in [6.07, 6.45) is -2.79. The van der Waals surface area contributed by atoms with Crippen molar-refractivity contribution >= 4 is 21.1 Å². The van der Waals surface area contributed by atoms with Gasteiger partial charge in [0.25, 0.3) is 6.43 Å². The van der Waals surface area contributed by atoms with Crippen molar-refractivity contribution < 1.29 is 26.0 Å². The molecule has 0 radical (unpaired) electrons. The molecule has 7 nitrogen and oxygen atoms in total. The van der Waals surface area contributed by atoms with E-state index < -0.39 is 33.2 Å². The third kappa shape index (κ3) is 4.50. The summed E-state index contributed by atoms with van der Waals surface area (Å²) in [5.74, 6) is -0.0448. The van der Waals surface area contributed by atoms with E-state index >= 15 is 0 Å². The lowest BCUT2D eigenvalue weighted by molar-refractivity contribution is 0.145. The SMILES string of the molecule is NS(=O)(=O)c1ccc(-n2nc(C(F)F)cc2-c2ccc(CS(=O)O)cc2)cc1. The van der Waals surface area contributed by atoms with Crippen molar-refractivity contribution in [3.63, 3.8) is 0 Å². The van der Waals surface area contributed by atoms with Crippen molar-refractivity contribution in [1.82, 2.24) is 9.78 Å². The number of aromatic nitrogens is 2. The molecule has 11 heteroatoms. The first-order valence-corrected chi connectivity index (χ1v) is 10.7. The summed E-state index contributed by atoms with van der Waals surface area (Å²) in [6.45, 7) is 0. The summed E-state index contributed by atoms with van der Waals surface area (Å²) in [5.41, 5.74) is 1.46. The summed E-state index contributed by atoms with van der Waals surface area (Å²) in [5, 5.41) is 8.99. The van der Waals surface area contributed by atoms with Gasteiger partial charge in [0.15, 0.2) is 11.1 Å². The van der Waals surface area contributed by atoms with Gasteiger partial charge in [-0.05, 0) is 35.9 Å². The number of halogens is 2. The Morgan fingerprint density at radius 2 is 1.71 bits per heavy atom. The van der Waals surface area contributed by atoms with E-state index in [1.165, 1.54) is 35.0 Å². The number of nitrogens with two attached hydrogens (primary N) is 1. The van der Waals surface area contributed by atoms with E-state index in [2.05, 4.69) is 5.10 Å². The van der Waals surface area contributed by atoms with E-state index in [-0.39, 0.29) is 10.6 Å². The maximum absolute atomic E-state index is 13.2. The lowest BCUT2D eigenvalue weighted by Crippen LogP contribution is -2.12. The molecule has 1 heterocycles. The fourth-order valence-corrected chi connectivity index (χ4v) is 3.59. The number of sulfonamides is 1. The largest absolute Gasteiger partial charge is 0.306 e. The molecule has 3 aromatic rings. The minimum Gasteiger partial charge on any atom is -0.306 e. The minimum atomic E-state index is -3.88. The third-order valence-corrected chi connectivity index (χ3v) is 5.41. The molecule has 28 heavy (non-hydrogen) atoms. The Kier molecular flexibility index (Phi) is 5.70. The predicted octanol–water partition coefficient (Wildman–Crippen LogP) is 2.85. The number of alkyl halides is 2. The van der Waals surface area contributed by atoms with Gasteiger partial charge in [-0.2, -0.15) is 5.10 Å². The van der Waals surface area contributed by atoms with Gasteiger partial charge in [0.1, 0.15) is 5.69 Å². The van der Waals surface area contributed by atoms with E-state index in [1.54, 1.807) is 24.3 Å². The molecular formula is C17H15F2N3O4S2. The number of hydrogen-bond donors (Lipinski definition) is 2. The highest BCUT2D eigenvalue weighted by atomic mass is 32.2. The van der Waals surface area contributed by atoms with Crippen molar-refractivity contribution in [3.05, 3.63) is 65.9 Å². The summed E-state index contributed by atoms with van der Waals surface area (Å²) < 4.78 is 70.3. The molecule has 0 bridgehead atoms. The van der Waals surface area contributed by atoms with Crippen molar-refractivity contribution in [3.8, 4) is 16.9 Å². The van der Waals surface area contributed by atoms with Crippen LogP contribution in [0.3, 0.4) is 0 Å². The number of benzene rings is 2. The Labute approximate surface area is 162 Å². The van der Waals surface area contributed by atoms with E-state index in [0.717, 1.165) is 0 Å². The fourth-order valence-electron chi connectivity index (χ4n) is 2.60. The maximum atomic E-state index is 13.2. The molecule has 0 saturated carbocycles. The highest BCUT2D eigenvalue weighted by Gasteiger charge is 2.18. The molecular weight excluding hydrogens is 412 g/mol. The molecule has 1 atom stereocenters. The Bertz CT molecular complexity index is 1110. The Morgan fingerprint density at radius 3 is 2.21 bits per heavy atom. The first kappa shape index (κ1) is 20.3.